The van der Waals surface area contributed by atoms with Crippen molar-refractivity contribution in [3.8, 4) is 0 Å². The normalized spacial score (nSPS) is 20.8. The Labute approximate surface area is 246 Å². The van der Waals surface area contributed by atoms with Crippen LogP contribution in [0, 0.1) is 0 Å². The Hall–Kier alpha value is -1.14. The largest absolute Gasteiger partial charge is 0.382 e. The maximum Gasteiger partial charge on any atom is 0.252 e. The highest BCUT2D eigenvalue weighted by atomic mass is 35.5. The lowest BCUT2D eigenvalue weighted by Gasteiger charge is -2.31. The van der Waals surface area contributed by atoms with Crippen LogP contribution in [-0.2, 0) is 21.4 Å². The Kier molecular flexibility index (Phi) is 9.09. The van der Waals surface area contributed by atoms with E-state index in [0.717, 1.165) is 23.4 Å². The highest BCUT2D eigenvalue weighted by Crippen LogP contribution is 2.45. The lowest BCUT2D eigenvalue weighted by atomic mass is 10.1. The lowest BCUT2D eigenvalue weighted by Crippen LogP contribution is -2.42. The van der Waals surface area contributed by atoms with Crippen LogP contribution in [0.4, 0.5) is 5.69 Å². The summed E-state index contributed by atoms with van der Waals surface area (Å²) in [7, 11) is -3.57. The van der Waals surface area contributed by atoms with Crippen LogP contribution in [0.3, 0.4) is 0 Å². The number of piperidine rings is 1. The predicted molar refractivity (Wildman–Crippen MR) is 162 cm³/mol. The first-order valence-electron chi connectivity index (χ1n) is 12.4. The fourth-order valence-electron chi connectivity index (χ4n) is 4.51. The standard InChI is InChI=1S/C26H29Cl2N3O3S4/c27-26(28)11-7-18(8-12-26)24(32)29-17-22-5-6-23(37-22)38(33,34)31-13-9-21(10-14-31)30-20-3-1-19(2-4-20)25-35-15-16-36-25/h1-8,11,21,25,30H,9-10,12-17H2,(H,29,32). The molecule has 204 valence electrons. The number of sulfonamides is 1. The van der Waals surface area contributed by atoms with Crippen LogP contribution in [0.15, 0.2) is 64.4 Å². The minimum atomic E-state index is -3.57. The average molecular weight is 631 g/mol. The summed E-state index contributed by atoms with van der Waals surface area (Å²) in [5.41, 5.74) is 2.93. The van der Waals surface area contributed by atoms with Crippen LogP contribution in [0.5, 0.6) is 0 Å². The van der Waals surface area contributed by atoms with Crippen molar-refractivity contribution in [3.05, 3.63) is 70.6 Å². The number of hydrogen-bond donors (Lipinski definition) is 2. The number of allylic oxidation sites excluding steroid dienone is 2. The van der Waals surface area contributed by atoms with Gasteiger partial charge in [-0.3, -0.25) is 4.79 Å². The molecule has 38 heavy (non-hydrogen) atoms. The van der Waals surface area contributed by atoms with Gasteiger partial charge in [0.15, 0.2) is 0 Å². The van der Waals surface area contributed by atoms with E-state index in [2.05, 4.69) is 34.9 Å². The van der Waals surface area contributed by atoms with Crippen molar-refractivity contribution >= 4 is 79.7 Å². The summed E-state index contributed by atoms with van der Waals surface area (Å²) in [6.07, 6.45) is 6.74. The summed E-state index contributed by atoms with van der Waals surface area (Å²) >= 11 is 17.3. The summed E-state index contributed by atoms with van der Waals surface area (Å²) in [6.45, 7) is 1.20. The molecular formula is C26H29Cl2N3O3S4. The number of nitrogens with one attached hydrogen (secondary N) is 2. The molecule has 0 unspecified atom stereocenters. The van der Waals surface area contributed by atoms with Crippen LogP contribution < -0.4 is 10.6 Å². The van der Waals surface area contributed by atoms with Crippen molar-refractivity contribution in [2.75, 3.05) is 29.9 Å². The number of rotatable bonds is 8. The number of thiophene rings is 1. The predicted octanol–water partition coefficient (Wildman–Crippen LogP) is 6.17. The SMILES string of the molecule is O=C(NCc1ccc(S(=O)(=O)N2CCC(Nc3ccc(C4SCCS4)cc3)CC2)s1)C1=CCC(Cl)(Cl)C=C1. The zero-order chi connectivity index (χ0) is 26.8. The second kappa shape index (κ2) is 12.2. The van der Waals surface area contributed by atoms with E-state index in [9.17, 15) is 13.2 Å². The molecule has 2 N–H and O–H groups in total. The number of hydrogen-bond acceptors (Lipinski definition) is 7. The zero-order valence-electron chi connectivity index (χ0n) is 20.6. The number of halogens is 2. The van der Waals surface area contributed by atoms with Gasteiger partial charge in [0.25, 0.3) is 15.9 Å². The Morgan fingerprint density at radius 2 is 1.76 bits per heavy atom. The van der Waals surface area contributed by atoms with Gasteiger partial charge in [-0.1, -0.05) is 47.5 Å². The molecule has 1 aromatic heterocycles. The first-order chi connectivity index (χ1) is 18.2. The van der Waals surface area contributed by atoms with E-state index < -0.39 is 14.4 Å². The number of alkyl halides is 2. The number of carbonyl (C=O) groups is 1. The molecule has 0 spiro atoms. The third kappa shape index (κ3) is 6.95. The van der Waals surface area contributed by atoms with Crippen LogP contribution in [-0.4, -0.2) is 53.6 Å². The molecular weight excluding hydrogens is 601 g/mol. The van der Waals surface area contributed by atoms with Gasteiger partial charge in [0.1, 0.15) is 8.54 Å². The number of thioether (sulfide) groups is 2. The quantitative estimate of drug-likeness (QED) is 0.340. The first-order valence-corrected chi connectivity index (χ1v) is 17.5. The first kappa shape index (κ1) is 28.4. The topological polar surface area (TPSA) is 78.5 Å². The van der Waals surface area contributed by atoms with Gasteiger partial charge in [0.05, 0.1) is 11.1 Å². The van der Waals surface area contributed by atoms with Gasteiger partial charge in [0, 0.05) is 53.2 Å². The highest BCUT2D eigenvalue weighted by Gasteiger charge is 2.31. The number of anilines is 1. The maximum absolute atomic E-state index is 13.3. The molecule has 2 saturated heterocycles. The molecule has 6 nitrogen and oxygen atoms in total. The van der Waals surface area contributed by atoms with Gasteiger partial charge in [-0.15, -0.1) is 34.9 Å². The molecule has 1 amide bonds. The van der Waals surface area contributed by atoms with Crippen molar-refractivity contribution < 1.29 is 13.2 Å². The van der Waals surface area contributed by atoms with Crippen LogP contribution in [0.1, 0.15) is 34.3 Å². The fourth-order valence-corrected chi connectivity index (χ4v) is 10.6. The molecule has 0 radical (unpaired) electrons. The van der Waals surface area contributed by atoms with Gasteiger partial charge in [0.2, 0.25) is 0 Å². The molecule has 0 bridgehead atoms. The molecule has 1 aromatic carbocycles. The van der Waals surface area contributed by atoms with Crippen molar-refractivity contribution in [1.29, 1.82) is 0 Å². The van der Waals surface area contributed by atoms with E-state index >= 15 is 0 Å². The second-order valence-electron chi connectivity index (χ2n) is 9.38. The maximum atomic E-state index is 13.3. The lowest BCUT2D eigenvalue weighted by molar-refractivity contribution is -0.117. The van der Waals surface area contributed by atoms with E-state index in [0.29, 0.717) is 33.9 Å². The zero-order valence-corrected chi connectivity index (χ0v) is 25.3. The Bertz CT molecular complexity index is 1310. The summed E-state index contributed by atoms with van der Waals surface area (Å²) in [6, 6.07) is 12.3. The summed E-state index contributed by atoms with van der Waals surface area (Å²) in [5, 5.41) is 6.41. The molecule has 3 aliphatic rings. The summed E-state index contributed by atoms with van der Waals surface area (Å²) < 4.78 is 27.9. The molecule has 0 saturated carbocycles. The van der Waals surface area contributed by atoms with Gasteiger partial charge in [-0.2, -0.15) is 4.31 Å². The molecule has 12 heteroatoms. The number of carbonyl (C=O) groups excluding carboxylic acids is 1. The second-order valence-corrected chi connectivity index (χ2v) is 17.0. The van der Waals surface area contributed by atoms with Crippen molar-refractivity contribution in [3.63, 3.8) is 0 Å². The van der Waals surface area contributed by atoms with Crippen molar-refractivity contribution in [1.82, 2.24) is 9.62 Å². The average Bonchev–Trinajstić information content (AvgIpc) is 3.61. The molecule has 2 aliphatic heterocycles. The molecule has 2 aromatic rings. The van der Waals surface area contributed by atoms with E-state index in [4.69, 9.17) is 23.2 Å². The minimum absolute atomic E-state index is 0.238. The third-order valence-corrected chi connectivity index (χ3v) is 13.8. The van der Waals surface area contributed by atoms with E-state index in [1.807, 2.05) is 23.5 Å². The summed E-state index contributed by atoms with van der Waals surface area (Å²) in [5.74, 6) is 2.17. The smallest absolute Gasteiger partial charge is 0.252 e. The molecule has 5 rings (SSSR count). The van der Waals surface area contributed by atoms with Gasteiger partial charge in [-0.25, -0.2) is 8.42 Å². The molecule has 3 heterocycles. The molecule has 0 atom stereocenters. The Balaban J connectivity index is 1.10. The van der Waals surface area contributed by atoms with Gasteiger partial charge in [-0.05, 0) is 48.7 Å². The van der Waals surface area contributed by atoms with Gasteiger partial charge >= 0.3 is 0 Å². The minimum Gasteiger partial charge on any atom is -0.382 e. The van der Waals surface area contributed by atoms with E-state index in [-0.39, 0.29) is 18.5 Å². The number of amides is 1. The molecule has 1 aliphatic carbocycles. The number of nitrogens with zero attached hydrogens (tertiary/aromatic N) is 1. The molecule has 2 fully saturated rings. The van der Waals surface area contributed by atoms with E-state index in [1.54, 1.807) is 34.7 Å². The van der Waals surface area contributed by atoms with Crippen molar-refractivity contribution in [2.45, 2.75) is 45.0 Å². The monoisotopic (exact) mass is 629 g/mol. The number of benzene rings is 1. The van der Waals surface area contributed by atoms with Crippen LogP contribution >= 0.6 is 58.1 Å². The Morgan fingerprint density at radius 3 is 2.42 bits per heavy atom. The Morgan fingerprint density at radius 1 is 1.05 bits per heavy atom. The van der Waals surface area contributed by atoms with Crippen molar-refractivity contribution in [2.24, 2.45) is 0 Å². The fraction of sp³-hybridized carbons (Fsp3) is 0.423. The van der Waals surface area contributed by atoms with Crippen LogP contribution in [0.2, 0.25) is 0 Å². The van der Waals surface area contributed by atoms with E-state index in [1.165, 1.54) is 28.4 Å². The summed E-state index contributed by atoms with van der Waals surface area (Å²) in [4.78, 5) is 13.2. The third-order valence-electron chi connectivity index (χ3n) is 6.65. The van der Waals surface area contributed by atoms with Gasteiger partial charge < -0.3 is 10.6 Å². The van der Waals surface area contributed by atoms with Crippen LogP contribution in [0.25, 0.3) is 0 Å². The highest BCUT2D eigenvalue weighted by molar-refractivity contribution is 8.19.